The van der Waals surface area contributed by atoms with Crippen LogP contribution in [0.2, 0.25) is 5.02 Å². The van der Waals surface area contributed by atoms with Crippen molar-refractivity contribution in [3.05, 3.63) is 23.0 Å². The lowest BCUT2D eigenvalue weighted by atomic mass is 10.1. The van der Waals surface area contributed by atoms with Gasteiger partial charge in [-0.3, -0.25) is 0 Å². The van der Waals surface area contributed by atoms with E-state index in [-0.39, 0.29) is 5.02 Å². The third-order valence-electron chi connectivity index (χ3n) is 2.94. The fraction of sp³-hybridized carbons (Fsp3) is 0.571. The second kappa shape index (κ2) is 8.20. The van der Waals surface area contributed by atoms with Crippen molar-refractivity contribution in [1.82, 2.24) is 0 Å². The fourth-order valence-corrected chi connectivity index (χ4v) is 2.01. The molecule has 2 nitrogen and oxygen atoms in total. The van der Waals surface area contributed by atoms with Crippen molar-refractivity contribution in [2.75, 3.05) is 17.6 Å². The Hall–Kier alpha value is -0.960. The van der Waals surface area contributed by atoms with E-state index in [2.05, 4.69) is 12.2 Å². The van der Waals surface area contributed by atoms with Crippen molar-refractivity contribution in [1.29, 1.82) is 0 Å². The Labute approximate surface area is 114 Å². The van der Waals surface area contributed by atoms with Crippen LogP contribution in [0.1, 0.15) is 45.4 Å². The van der Waals surface area contributed by atoms with Gasteiger partial charge in [0.15, 0.2) is 0 Å². The molecular formula is C14H22ClFN2. The molecule has 0 atom stereocenters. The molecule has 1 aromatic carbocycles. The number of nitrogen functional groups attached to an aromatic ring is 1. The summed E-state index contributed by atoms with van der Waals surface area (Å²) in [5.74, 6) is -0.473. The summed E-state index contributed by atoms with van der Waals surface area (Å²) in [4.78, 5) is 0. The maximum atomic E-state index is 13.1. The highest BCUT2D eigenvalue weighted by atomic mass is 35.5. The van der Waals surface area contributed by atoms with Gasteiger partial charge in [-0.25, -0.2) is 4.39 Å². The van der Waals surface area contributed by atoms with Crippen molar-refractivity contribution < 1.29 is 4.39 Å². The molecule has 1 aromatic rings. The van der Waals surface area contributed by atoms with Crippen molar-refractivity contribution >= 4 is 23.0 Å². The predicted molar refractivity (Wildman–Crippen MR) is 77.7 cm³/mol. The summed E-state index contributed by atoms with van der Waals surface area (Å²) in [5.41, 5.74) is 6.83. The maximum Gasteiger partial charge on any atom is 0.143 e. The molecule has 1 rings (SSSR count). The summed E-state index contributed by atoms with van der Waals surface area (Å²) in [6.45, 7) is 3.06. The van der Waals surface area contributed by atoms with Gasteiger partial charge in [-0.2, -0.15) is 0 Å². The van der Waals surface area contributed by atoms with E-state index in [9.17, 15) is 4.39 Å². The Bertz CT molecular complexity index is 369. The van der Waals surface area contributed by atoms with Crippen LogP contribution in [0.3, 0.4) is 0 Å². The molecule has 0 aliphatic rings. The predicted octanol–water partition coefficient (Wildman–Crippen LogP) is 4.83. The summed E-state index contributed by atoms with van der Waals surface area (Å²) < 4.78 is 13.1. The lowest BCUT2D eigenvalue weighted by molar-refractivity contribution is 0.617. The number of nitrogens with one attached hydrogen (secondary N) is 1. The maximum absolute atomic E-state index is 13.1. The standard InChI is InChI=1S/C14H22ClFN2/c1-2-3-4-5-6-7-8-18-14-9-11(15)12(16)10-13(14)17/h9-10,18H,2-8,17H2,1H3. The zero-order valence-electron chi connectivity index (χ0n) is 10.9. The lowest BCUT2D eigenvalue weighted by Crippen LogP contribution is -2.04. The Kier molecular flexibility index (Phi) is 6.88. The van der Waals surface area contributed by atoms with Gasteiger partial charge in [-0.15, -0.1) is 0 Å². The van der Waals surface area contributed by atoms with Crippen LogP contribution in [0.15, 0.2) is 12.1 Å². The number of hydrogen-bond donors (Lipinski definition) is 2. The minimum absolute atomic E-state index is 0.106. The van der Waals surface area contributed by atoms with Crippen LogP contribution >= 0.6 is 11.6 Å². The fourth-order valence-electron chi connectivity index (χ4n) is 1.84. The third-order valence-corrected chi connectivity index (χ3v) is 3.23. The molecule has 0 fully saturated rings. The Morgan fingerprint density at radius 3 is 2.56 bits per heavy atom. The Morgan fingerprint density at radius 1 is 1.17 bits per heavy atom. The molecule has 0 aromatic heterocycles. The molecule has 4 heteroatoms. The average molecular weight is 273 g/mol. The van der Waals surface area contributed by atoms with Gasteiger partial charge < -0.3 is 11.1 Å². The second-order valence-corrected chi connectivity index (χ2v) is 4.96. The number of anilines is 2. The largest absolute Gasteiger partial charge is 0.397 e. The van der Waals surface area contributed by atoms with Crippen LogP contribution in [-0.2, 0) is 0 Å². The first-order valence-electron chi connectivity index (χ1n) is 6.63. The highest BCUT2D eigenvalue weighted by Crippen LogP contribution is 2.26. The van der Waals surface area contributed by atoms with Crippen LogP contribution in [0.25, 0.3) is 0 Å². The molecule has 0 aliphatic carbocycles. The van der Waals surface area contributed by atoms with Crippen LogP contribution in [-0.4, -0.2) is 6.54 Å². The average Bonchev–Trinajstić information content (AvgIpc) is 2.34. The molecule has 0 spiro atoms. The highest BCUT2D eigenvalue weighted by molar-refractivity contribution is 6.31. The monoisotopic (exact) mass is 272 g/mol. The van der Waals surface area contributed by atoms with Crippen molar-refractivity contribution in [3.63, 3.8) is 0 Å². The van der Waals surface area contributed by atoms with Crippen molar-refractivity contribution in [3.8, 4) is 0 Å². The van der Waals surface area contributed by atoms with Gasteiger partial charge in [0.05, 0.1) is 16.4 Å². The van der Waals surface area contributed by atoms with Gasteiger partial charge in [0, 0.05) is 12.6 Å². The molecule has 3 N–H and O–H groups in total. The van der Waals surface area contributed by atoms with E-state index in [1.807, 2.05) is 0 Å². The van der Waals surface area contributed by atoms with E-state index >= 15 is 0 Å². The quantitative estimate of drug-likeness (QED) is 0.525. The summed E-state index contributed by atoms with van der Waals surface area (Å²) in [5, 5.41) is 3.30. The lowest BCUT2D eigenvalue weighted by Gasteiger charge is -2.10. The van der Waals surface area contributed by atoms with Crippen LogP contribution in [0.5, 0.6) is 0 Å². The molecule has 0 bridgehead atoms. The van der Waals surface area contributed by atoms with E-state index in [0.717, 1.165) is 18.7 Å². The molecule has 0 unspecified atom stereocenters. The molecule has 102 valence electrons. The van der Waals surface area contributed by atoms with Crippen molar-refractivity contribution in [2.45, 2.75) is 45.4 Å². The Morgan fingerprint density at radius 2 is 1.83 bits per heavy atom. The van der Waals surface area contributed by atoms with Gasteiger partial charge in [-0.05, 0) is 12.5 Å². The zero-order valence-corrected chi connectivity index (χ0v) is 11.7. The number of benzene rings is 1. The van der Waals surface area contributed by atoms with Gasteiger partial charge in [0.25, 0.3) is 0 Å². The van der Waals surface area contributed by atoms with Crippen LogP contribution in [0.4, 0.5) is 15.8 Å². The Balaban J connectivity index is 2.25. The first-order valence-corrected chi connectivity index (χ1v) is 7.01. The summed E-state index contributed by atoms with van der Waals surface area (Å²) in [6.07, 6.45) is 7.47. The van der Waals surface area contributed by atoms with Gasteiger partial charge in [0.2, 0.25) is 0 Å². The molecule has 0 radical (unpaired) electrons. The first kappa shape index (κ1) is 15.1. The SMILES string of the molecule is CCCCCCCCNc1cc(Cl)c(F)cc1N. The van der Waals surface area contributed by atoms with Crippen LogP contribution in [0, 0.1) is 5.82 Å². The van der Waals surface area contributed by atoms with E-state index in [0.29, 0.717) is 5.69 Å². The van der Waals surface area contributed by atoms with Gasteiger partial charge in [0.1, 0.15) is 5.82 Å². The number of hydrogen-bond acceptors (Lipinski definition) is 2. The minimum Gasteiger partial charge on any atom is -0.397 e. The normalized spacial score (nSPS) is 10.6. The first-order chi connectivity index (χ1) is 8.65. The van der Waals surface area contributed by atoms with Crippen LogP contribution < -0.4 is 11.1 Å². The number of rotatable bonds is 8. The molecule has 0 amide bonds. The second-order valence-electron chi connectivity index (χ2n) is 4.55. The minimum atomic E-state index is -0.473. The van der Waals surface area contributed by atoms with Gasteiger partial charge in [-0.1, -0.05) is 50.6 Å². The number of unbranched alkanes of at least 4 members (excludes halogenated alkanes) is 5. The molecule has 0 aliphatic heterocycles. The zero-order chi connectivity index (χ0) is 13.4. The van der Waals surface area contributed by atoms with E-state index < -0.39 is 5.82 Å². The number of nitrogens with two attached hydrogens (primary N) is 1. The van der Waals surface area contributed by atoms with E-state index in [4.69, 9.17) is 17.3 Å². The molecule has 0 saturated carbocycles. The molecule has 0 heterocycles. The summed E-state index contributed by atoms with van der Waals surface area (Å²) in [7, 11) is 0. The van der Waals surface area contributed by atoms with E-state index in [1.54, 1.807) is 6.07 Å². The summed E-state index contributed by atoms with van der Waals surface area (Å²) in [6, 6.07) is 2.80. The molecule has 18 heavy (non-hydrogen) atoms. The van der Waals surface area contributed by atoms with Gasteiger partial charge >= 0.3 is 0 Å². The number of halogens is 2. The highest BCUT2D eigenvalue weighted by Gasteiger charge is 2.05. The molecule has 0 saturated heterocycles. The smallest absolute Gasteiger partial charge is 0.143 e. The third kappa shape index (κ3) is 5.13. The topological polar surface area (TPSA) is 38.0 Å². The van der Waals surface area contributed by atoms with Crippen molar-refractivity contribution in [2.24, 2.45) is 0 Å². The summed E-state index contributed by atoms with van der Waals surface area (Å²) >= 11 is 5.71. The molecular weight excluding hydrogens is 251 g/mol. The van der Waals surface area contributed by atoms with E-state index in [1.165, 1.54) is 38.2 Å².